The monoisotopic (exact) mass is 256 g/mol. The summed E-state index contributed by atoms with van der Waals surface area (Å²) in [5.41, 5.74) is 0. The lowest BCUT2D eigenvalue weighted by Gasteiger charge is -2.34. The fourth-order valence-corrected chi connectivity index (χ4v) is 2.26. The average molecular weight is 256 g/mol. The van der Waals surface area contributed by atoms with Crippen molar-refractivity contribution in [3.8, 4) is 0 Å². The molecule has 1 aliphatic carbocycles. The van der Waals surface area contributed by atoms with Gasteiger partial charge in [-0.3, -0.25) is 14.5 Å². The maximum absolute atomic E-state index is 11.9. The zero-order valence-electron chi connectivity index (χ0n) is 11.6. The number of ether oxygens (including phenoxy) is 1. The molecule has 1 rings (SSSR count). The van der Waals surface area contributed by atoms with Crippen molar-refractivity contribution in [1.29, 1.82) is 0 Å². The Bertz CT molecular complexity index is 284. The van der Waals surface area contributed by atoms with Gasteiger partial charge in [0.05, 0.1) is 12.6 Å². The number of amides is 1. The van der Waals surface area contributed by atoms with E-state index in [4.69, 9.17) is 4.74 Å². The Labute approximate surface area is 109 Å². The van der Waals surface area contributed by atoms with Gasteiger partial charge in [-0.15, -0.1) is 0 Å². The molecule has 1 atom stereocenters. The highest BCUT2D eigenvalue weighted by atomic mass is 16.5. The molecule has 1 unspecified atom stereocenters. The maximum Gasteiger partial charge on any atom is 0.237 e. The topological polar surface area (TPSA) is 58.6 Å². The van der Waals surface area contributed by atoms with Gasteiger partial charge in [0.1, 0.15) is 5.78 Å². The minimum absolute atomic E-state index is 0.0199. The number of likely N-dealkylation sites (N-methyl/N-ethyl adjacent to an activating group) is 1. The molecule has 18 heavy (non-hydrogen) atoms. The predicted molar refractivity (Wildman–Crippen MR) is 69.4 cm³/mol. The lowest BCUT2D eigenvalue weighted by molar-refractivity contribution is -0.127. The highest BCUT2D eigenvalue weighted by Crippen LogP contribution is 2.20. The lowest BCUT2D eigenvalue weighted by Crippen LogP contribution is -2.49. The second-order valence-corrected chi connectivity index (χ2v) is 4.90. The summed E-state index contributed by atoms with van der Waals surface area (Å²) in [7, 11) is 3.57. The van der Waals surface area contributed by atoms with Crippen LogP contribution in [0.2, 0.25) is 0 Å². The molecule has 0 spiro atoms. The van der Waals surface area contributed by atoms with Crippen molar-refractivity contribution in [3.63, 3.8) is 0 Å². The zero-order chi connectivity index (χ0) is 13.5. The molecule has 0 bridgehead atoms. The third kappa shape index (κ3) is 4.38. The minimum atomic E-state index is -0.167. The number of carbonyl (C=O) groups excluding carboxylic acids is 2. The molecule has 1 saturated carbocycles. The molecule has 0 aromatic heterocycles. The second kappa shape index (κ2) is 7.48. The summed E-state index contributed by atoms with van der Waals surface area (Å²) in [5.74, 6) is 0.364. The van der Waals surface area contributed by atoms with Crippen LogP contribution in [0.1, 0.15) is 32.6 Å². The van der Waals surface area contributed by atoms with Gasteiger partial charge in [0.2, 0.25) is 5.91 Å². The Balaban J connectivity index is 2.37. The van der Waals surface area contributed by atoms with Gasteiger partial charge in [-0.05, 0) is 26.8 Å². The number of hydrogen-bond donors (Lipinski definition) is 1. The van der Waals surface area contributed by atoms with Crippen LogP contribution in [0.4, 0.5) is 0 Å². The Kier molecular flexibility index (Phi) is 6.29. The van der Waals surface area contributed by atoms with Crippen LogP contribution in [0.3, 0.4) is 0 Å². The van der Waals surface area contributed by atoms with Crippen LogP contribution in [0.25, 0.3) is 0 Å². The minimum Gasteiger partial charge on any atom is -0.383 e. The second-order valence-electron chi connectivity index (χ2n) is 4.90. The fourth-order valence-electron chi connectivity index (χ4n) is 2.26. The molecule has 0 aromatic carbocycles. The van der Waals surface area contributed by atoms with E-state index in [0.29, 0.717) is 37.8 Å². The molecular weight excluding hydrogens is 232 g/mol. The van der Waals surface area contributed by atoms with Crippen molar-refractivity contribution in [2.24, 2.45) is 0 Å². The molecule has 0 saturated heterocycles. The largest absolute Gasteiger partial charge is 0.383 e. The van der Waals surface area contributed by atoms with Crippen LogP contribution in [-0.4, -0.2) is 56.0 Å². The molecule has 1 N–H and O–H groups in total. The Morgan fingerprint density at radius 2 is 2.11 bits per heavy atom. The molecule has 0 aliphatic heterocycles. The van der Waals surface area contributed by atoms with Crippen molar-refractivity contribution in [3.05, 3.63) is 0 Å². The van der Waals surface area contributed by atoms with Crippen LogP contribution >= 0.6 is 0 Å². The van der Waals surface area contributed by atoms with Gasteiger partial charge in [-0.2, -0.15) is 0 Å². The standard InChI is InChI=1S/C13H24N2O3/c1-10(13(17)14-8-9-18-3)15(2)11-4-6-12(16)7-5-11/h10-11H,4-9H2,1-3H3,(H,14,17). The highest BCUT2D eigenvalue weighted by Gasteiger charge is 2.27. The summed E-state index contributed by atoms with van der Waals surface area (Å²) in [6.07, 6.45) is 3.02. The lowest BCUT2D eigenvalue weighted by atomic mass is 9.92. The number of Topliss-reactive ketones (excluding diaryl/α,β-unsaturated/α-hetero) is 1. The summed E-state index contributed by atoms with van der Waals surface area (Å²) < 4.78 is 4.89. The van der Waals surface area contributed by atoms with Crippen molar-refractivity contribution in [2.45, 2.75) is 44.7 Å². The third-order valence-corrected chi connectivity index (χ3v) is 3.68. The summed E-state index contributed by atoms with van der Waals surface area (Å²) in [6.45, 7) is 2.97. The van der Waals surface area contributed by atoms with Crippen molar-refractivity contribution >= 4 is 11.7 Å². The number of rotatable bonds is 6. The first-order valence-electron chi connectivity index (χ1n) is 6.56. The number of hydrogen-bond acceptors (Lipinski definition) is 4. The van der Waals surface area contributed by atoms with E-state index in [0.717, 1.165) is 12.8 Å². The Morgan fingerprint density at radius 1 is 1.50 bits per heavy atom. The first kappa shape index (κ1) is 15.1. The summed E-state index contributed by atoms with van der Waals surface area (Å²) >= 11 is 0. The van der Waals surface area contributed by atoms with Crippen molar-refractivity contribution in [2.75, 3.05) is 27.3 Å². The fraction of sp³-hybridized carbons (Fsp3) is 0.846. The van der Waals surface area contributed by atoms with Crippen LogP contribution in [0, 0.1) is 0 Å². The third-order valence-electron chi connectivity index (χ3n) is 3.68. The predicted octanol–water partition coefficient (Wildman–Crippen LogP) is 0.581. The molecule has 5 nitrogen and oxygen atoms in total. The SMILES string of the molecule is COCCNC(=O)C(C)N(C)C1CCC(=O)CC1. The summed E-state index contributed by atoms with van der Waals surface area (Å²) in [5, 5.41) is 2.84. The molecular formula is C13H24N2O3. The Hall–Kier alpha value is -0.940. The van der Waals surface area contributed by atoms with Crippen molar-refractivity contribution < 1.29 is 14.3 Å². The van der Waals surface area contributed by atoms with Gasteiger partial charge >= 0.3 is 0 Å². The van der Waals surface area contributed by atoms with Crippen molar-refractivity contribution in [1.82, 2.24) is 10.2 Å². The van der Waals surface area contributed by atoms with E-state index in [2.05, 4.69) is 10.2 Å². The van der Waals surface area contributed by atoms with E-state index in [-0.39, 0.29) is 11.9 Å². The number of methoxy groups -OCH3 is 1. The zero-order valence-corrected chi connectivity index (χ0v) is 11.6. The van der Waals surface area contributed by atoms with Gasteiger partial charge < -0.3 is 10.1 Å². The highest BCUT2D eigenvalue weighted by molar-refractivity contribution is 5.81. The smallest absolute Gasteiger partial charge is 0.237 e. The number of nitrogens with one attached hydrogen (secondary N) is 1. The molecule has 0 aromatic rings. The summed E-state index contributed by atoms with van der Waals surface area (Å²) in [4.78, 5) is 25.2. The first-order valence-corrected chi connectivity index (χ1v) is 6.56. The van der Waals surface area contributed by atoms with Gasteiger partial charge in [0.15, 0.2) is 0 Å². The van der Waals surface area contributed by atoms with E-state index in [9.17, 15) is 9.59 Å². The van der Waals surface area contributed by atoms with Crippen LogP contribution < -0.4 is 5.32 Å². The van der Waals surface area contributed by atoms with Crippen LogP contribution in [0.15, 0.2) is 0 Å². The van der Waals surface area contributed by atoms with Gasteiger partial charge in [-0.25, -0.2) is 0 Å². The van der Waals surface area contributed by atoms with E-state index >= 15 is 0 Å². The first-order chi connectivity index (χ1) is 8.56. The molecule has 0 radical (unpaired) electrons. The average Bonchev–Trinajstić information content (AvgIpc) is 2.38. The maximum atomic E-state index is 11.9. The molecule has 0 heterocycles. The van der Waals surface area contributed by atoms with E-state index in [1.807, 2.05) is 14.0 Å². The van der Waals surface area contributed by atoms with E-state index < -0.39 is 0 Å². The van der Waals surface area contributed by atoms with Crippen LogP contribution in [0.5, 0.6) is 0 Å². The Morgan fingerprint density at radius 3 is 2.67 bits per heavy atom. The van der Waals surface area contributed by atoms with Gasteiger partial charge in [0.25, 0.3) is 0 Å². The molecule has 1 fully saturated rings. The number of nitrogens with zero attached hydrogens (tertiary/aromatic N) is 1. The molecule has 1 amide bonds. The van der Waals surface area contributed by atoms with E-state index in [1.54, 1.807) is 7.11 Å². The molecule has 104 valence electrons. The normalized spacial score (nSPS) is 19.0. The molecule has 5 heteroatoms. The number of ketones is 1. The summed E-state index contributed by atoms with van der Waals surface area (Å²) in [6, 6.07) is 0.172. The molecule has 1 aliphatic rings. The van der Waals surface area contributed by atoms with E-state index in [1.165, 1.54) is 0 Å². The van der Waals surface area contributed by atoms with Gasteiger partial charge in [-0.1, -0.05) is 0 Å². The quantitative estimate of drug-likeness (QED) is 0.706. The van der Waals surface area contributed by atoms with Crippen LogP contribution in [-0.2, 0) is 14.3 Å². The number of carbonyl (C=O) groups is 2. The van der Waals surface area contributed by atoms with Gasteiger partial charge in [0, 0.05) is 32.5 Å².